The number of hydrogen-bond acceptors (Lipinski definition) is 3. The second-order valence-corrected chi connectivity index (χ2v) is 4.84. The van der Waals surface area contributed by atoms with Crippen molar-refractivity contribution in [3.05, 3.63) is 57.8 Å². The highest BCUT2D eigenvalue weighted by atomic mass is 32.1. The molecule has 0 atom stereocenters. The van der Waals surface area contributed by atoms with Gasteiger partial charge in [-0.15, -0.1) is 11.3 Å². The molecule has 0 aliphatic rings. The first-order chi connectivity index (χ1) is 9.99. The van der Waals surface area contributed by atoms with Gasteiger partial charge < -0.3 is 10.4 Å². The Morgan fingerprint density at radius 1 is 1.19 bits per heavy atom. The van der Waals surface area contributed by atoms with Crippen LogP contribution in [0, 0.1) is 11.6 Å². The van der Waals surface area contributed by atoms with Gasteiger partial charge in [0, 0.05) is 6.08 Å². The van der Waals surface area contributed by atoms with Gasteiger partial charge in [0.25, 0.3) is 5.91 Å². The molecule has 0 bridgehead atoms. The minimum atomic E-state index is -1.16. The third-order valence-corrected chi connectivity index (χ3v) is 3.44. The number of halogens is 2. The molecule has 108 valence electrons. The van der Waals surface area contributed by atoms with Crippen molar-refractivity contribution in [1.29, 1.82) is 0 Å². The molecule has 0 fully saturated rings. The molecule has 1 heterocycles. The van der Waals surface area contributed by atoms with Crippen molar-refractivity contribution in [2.24, 2.45) is 0 Å². The van der Waals surface area contributed by atoms with Crippen molar-refractivity contribution in [2.75, 3.05) is 5.32 Å². The Balaban J connectivity index is 2.26. The van der Waals surface area contributed by atoms with Gasteiger partial charge in [-0.05, 0) is 35.2 Å². The van der Waals surface area contributed by atoms with Crippen LogP contribution in [0.4, 0.5) is 14.5 Å². The molecule has 0 aliphatic carbocycles. The zero-order valence-electron chi connectivity index (χ0n) is 10.5. The van der Waals surface area contributed by atoms with E-state index >= 15 is 0 Å². The first-order valence-electron chi connectivity index (χ1n) is 5.73. The van der Waals surface area contributed by atoms with Crippen LogP contribution in [0.5, 0.6) is 0 Å². The van der Waals surface area contributed by atoms with Gasteiger partial charge in [0.1, 0.15) is 17.3 Å². The van der Waals surface area contributed by atoms with Crippen LogP contribution in [0.1, 0.15) is 15.2 Å². The van der Waals surface area contributed by atoms with Crippen molar-refractivity contribution < 1.29 is 23.5 Å². The van der Waals surface area contributed by atoms with Crippen molar-refractivity contribution in [2.45, 2.75) is 0 Å². The zero-order chi connectivity index (χ0) is 15.4. The summed E-state index contributed by atoms with van der Waals surface area (Å²) in [6, 6.07) is 4.78. The molecule has 1 amide bonds. The zero-order valence-corrected chi connectivity index (χ0v) is 11.3. The molecule has 1 aromatic carbocycles. The lowest BCUT2D eigenvalue weighted by Crippen LogP contribution is -2.13. The number of amides is 1. The highest BCUT2D eigenvalue weighted by Gasteiger charge is 2.16. The SMILES string of the molecule is O=C(O)C=Cc1ccsc1C(=O)Nc1c(F)cccc1F. The van der Waals surface area contributed by atoms with Crippen molar-refractivity contribution >= 4 is 35.0 Å². The number of para-hydroxylation sites is 1. The number of carboxylic acid groups (broad SMARTS) is 1. The number of aliphatic carboxylic acids is 1. The molecule has 0 spiro atoms. The molecular formula is C14H9F2NO3S. The van der Waals surface area contributed by atoms with Crippen LogP contribution in [0.2, 0.25) is 0 Å². The second-order valence-electron chi connectivity index (χ2n) is 3.93. The van der Waals surface area contributed by atoms with Crippen molar-refractivity contribution in [1.82, 2.24) is 0 Å². The minimum Gasteiger partial charge on any atom is -0.478 e. The Bertz CT molecular complexity index is 705. The summed E-state index contributed by atoms with van der Waals surface area (Å²) in [4.78, 5) is 22.7. The Morgan fingerprint density at radius 2 is 1.86 bits per heavy atom. The maximum absolute atomic E-state index is 13.5. The summed E-state index contributed by atoms with van der Waals surface area (Å²) in [6.45, 7) is 0. The van der Waals surface area contributed by atoms with Gasteiger partial charge in [-0.3, -0.25) is 4.79 Å². The molecule has 2 aromatic rings. The van der Waals surface area contributed by atoms with Gasteiger partial charge in [-0.25, -0.2) is 13.6 Å². The highest BCUT2D eigenvalue weighted by Crippen LogP contribution is 2.23. The van der Waals surface area contributed by atoms with E-state index in [-0.39, 0.29) is 4.88 Å². The molecule has 0 saturated heterocycles. The Labute approximate surface area is 122 Å². The molecule has 0 unspecified atom stereocenters. The van der Waals surface area contributed by atoms with Crippen molar-refractivity contribution in [3.8, 4) is 0 Å². The number of carbonyl (C=O) groups is 2. The summed E-state index contributed by atoms with van der Waals surface area (Å²) in [5.74, 6) is -3.64. The third kappa shape index (κ3) is 3.51. The average molecular weight is 309 g/mol. The van der Waals surface area contributed by atoms with Gasteiger partial charge in [0.15, 0.2) is 0 Å². The monoisotopic (exact) mass is 309 g/mol. The molecule has 21 heavy (non-hydrogen) atoms. The summed E-state index contributed by atoms with van der Waals surface area (Å²) in [5, 5.41) is 12.3. The van der Waals surface area contributed by atoms with E-state index in [1.54, 1.807) is 5.38 Å². The topological polar surface area (TPSA) is 66.4 Å². The van der Waals surface area contributed by atoms with Crippen LogP contribution in [0.25, 0.3) is 6.08 Å². The van der Waals surface area contributed by atoms with Gasteiger partial charge in [0.2, 0.25) is 0 Å². The number of benzene rings is 1. The van der Waals surface area contributed by atoms with Crippen molar-refractivity contribution in [3.63, 3.8) is 0 Å². The van der Waals surface area contributed by atoms with E-state index in [9.17, 15) is 18.4 Å². The first kappa shape index (κ1) is 14.9. The van der Waals surface area contributed by atoms with Crippen LogP contribution >= 0.6 is 11.3 Å². The summed E-state index contributed by atoms with van der Waals surface area (Å²) in [6.07, 6.45) is 2.12. The molecule has 1 aromatic heterocycles. The summed E-state index contributed by atoms with van der Waals surface area (Å²) < 4.78 is 26.9. The molecule has 4 nitrogen and oxygen atoms in total. The predicted molar refractivity (Wildman–Crippen MR) is 75.3 cm³/mol. The minimum absolute atomic E-state index is 0.162. The number of nitrogens with one attached hydrogen (secondary N) is 1. The van der Waals surface area contributed by atoms with Crippen LogP contribution in [0.15, 0.2) is 35.7 Å². The molecule has 0 radical (unpaired) electrons. The van der Waals surface area contributed by atoms with Crippen LogP contribution < -0.4 is 5.32 Å². The standard InChI is InChI=1S/C14H9F2NO3S/c15-9-2-1-3-10(16)12(9)17-14(20)13-8(6-7-21-13)4-5-11(18)19/h1-7H,(H,17,20)(H,18,19). The fourth-order valence-electron chi connectivity index (χ4n) is 1.58. The Morgan fingerprint density at radius 3 is 2.48 bits per heavy atom. The van der Waals surface area contributed by atoms with Gasteiger partial charge in [-0.2, -0.15) is 0 Å². The average Bonchev–Trinajstić information content (AvgIpc) is 2.89. The lowest BCUT2D eigenvalue weighted by Gasteiger charge is -2.06. The summed E-state index contributed by atoms with van der Waals surface area (Å²) in [5.41, 5.74) is -0.180. The maximum Gasteiger partial charge on any atom is 0.328 e. The third-order valence-electron chi connectivity index (χ3n) is 2.51. The van der Waals surface area contributed by atoms with E-state index in [0.29, 0.717) is 5.56 Å². The van der Waals surface area contributed by atoms with Gasteiger partial charge in [0.05, 0.1) is 4.88 Å². The fourth-order valence-corrected chi connectivity index (χ4v) is 2.36. The van der Waals surface area contributed by atoms with E-state index in [1.807, 2.05) is 0 Å². The van der Waals surface area contributed by atoms with E-state index in [1.165, 1.54) is 18.2 Å². The van der Waals surface area contributed by atoms with Crippen LogP contribution in [0.3, 0.4) is 0 Å². The Hall–Kier alpha value is -2.54. The first-order valence-corrected chi connectivity index (χ1v) is 6.61. The number of anilines is 1. The molecule has 2 rings (SSSR count). The van der Waals surface area contributed by atoms with E-state index in [0.717, 1.165) is 29.5 Å². The van der Waals surface area contributed by atoms with E-state index in [4.69, 9.17) is 5.11 Å². The second kappa shape index (κ2) is 6.27. The molecule has 0 saturated carbocycles. The maximum atomic E-state index is 13.5. The van der Waals surface area contributed by atoms with Gasteiger partial charge in [-0.1, -0.05) is 6.07 Å². The van der Waals surface area contributed by atoms with E-state index in [2.05, 4.69) is 5.32 Å². The molecule has 2 N–H and O–H groups in total. The van der Waals surface area contributed by atoms with Crippen LogP contribution in [-0.2, 0) is 4.79 Å². The quantitative estimate of drug-likeness (QED) is 0.851. The largest absolute Gasteiger partial charge is 0.478 e. The summed E-state index contributed by atoms with van der Waals surface area (Å²) >= 11 is 1.04. The lowest BCUT2D eigenvalue weighted by molar-refractivity contribution is -0.131. The van der Waals surface area contributed by atoms with Crippen LogP contribution in [-0.4, -0.2) is 17.0 Å². The molecule has 7 heteroatoms. The predicted octanol–water partition coefficient (Wildman–Crippen LogP) is 3.38. The molecule has 0 aliphatic heterocycles. The number of carbonyl (C=O) groups excluding carboxylic acids is 1. The Kier molecular flexibility index (Phi) is 4.44. The number of rotatable bonds is 4. The highest BCUT2D eigenvalue weighted by molar-refractivity contribution is 7.12. The number of carboxylic acids is 1. The number of hydrogen-bond donors (Lipinski definition) is 2. The number of thiophene rings is 1. The van der Waals surface area contributed by atoms with E-state index < -0.39 is 29.2 Å². The summed E-state index contributed by atoms with van der Waals surface area (Å²) in [7, 11) is 0. The van der Waals surface area contributed by atoms with Gasteiger partial charge >= 0.3 is 5.97 Å². The lowest BCUT2D eigenvalue weighted by atomic mass is 10.2. The fraction of sp³-hybridized carbons (Fsp3) is 0. The smallest absolute Gasteiger partial charge is 0.328 e. The normalized spacial score (nSPS) is 10.8. The molecular weight excluding hydrogens is 300 g/mol.